The molecule has 6 nitrogen and oxygen atoms in total. The average Bonchev–Trinajstić information content (AvgIpc) is 3.04. The molecule has 3 heterocycles. The van der Waals surface area contributed by atoms with Crippen LogP contribution in [0.3, 0.4) is 0 Å². The summed E-state index contributed by atoms with van der Waals surface area (Å²) in [4.78, 5) is 20.5. The molecule has 0 spiro atoms. The second kappa shape index (κ2) is 6.92. The van der Waals surface area contributed by atoms with Gasteiger partial charge in [-0.3, -0.25) is 4.40 Å². The van der Waals surface area contributed by atoms with Gasteiger partial charge >= 0.3 is 5.97 Å². The minimum absolute atomic E-state index is 0.357. The first-order valence-electron chi connectivity index (χ1n) is 8.51. The number of nitrogens with one attached hydrogen (secondary N) is 1. The van der Waals surface area contributed by atoms with Crippen molar-refractivity contribution in [1.29, 1.82) is 0 Å². The lowest BCUT2D eigenvalue weighted by Crippen LogP contribution is -2.01. The first-order valence-corrected chi connectivity index (χ1v) is 8.51. The summed E-state index contributed by atoms with van der Waals surface area (Å²) in [5, 5.41) is 3.27. The van der Waals surface area contributed by atoms with E-state index in [4.69, 9.17) is 4.74 Å². The van der Waals surface area contributed by atoms with Gasteiger partial charge in [-0.15, -0.1) is 0 Å². The lowest BCUT2D eigenvalue weighted by Gasteiger charge is -2.09. The molecule has 134 valence electrons. The Balaban J connectivity index is 1.65. The van der Waals surface area contributed by atoms with E-state index in [1.165, 1.54) is 7.11 Å². The summed E-state index contributed by atoms with van der Waals surface area (Å²) in [7, 11) is 1.37. The first-order chi connectivity index (χ1) is 13.2. The number of carbonyl (C=O) groups is 1. The minimum atomic E-state index is -0.357. The fourth-order valence-corrected chi connectivity index (χ4v) is 3.06. The van der Waals surface area contributed by atoms with Gasteiger partial charge in [0, 0.05) is 23.6 Å². The average molecular weight is 358 g/mol. The van der Waals surface area contributed by atoms with E-state index in [1.807, 2.05) is 55.6 Å². The van der Waals surface area contributed by atoms with Crippen molar-refractivity contribution in [3.8, 4) is 11.3 Å². The van der Waals surface area contributed by atoms with Crippen LogP contribution in [0, 0.1) is 6.92 Å². The number of anilines is 2. The molecular weight excluding hydrogens is 340 g/mol. The van der Waals surface area contributed by atoms with Gasteiger partial charge < -0.3 is 10.1 Å². The van der Waals surface area contributed by atoms with Crippen LogP contribution in [-0.4, -0.2) is 27.4 Å². The number of rotatable bonds is 4. The van der Waals surface area contributed by atoms with E-state index in [1.54, 1.807) is 18.3 Å². The topological polar surface area (TPSA) is 68.5 Å². The Morgan fingerprint density at radius 2 is 1.93 bits per heavy atom. The number of imidazole rings is 1. The molecule has 0 aliphatic carbocycles. The zero-order valence-electron chi connectivity index (χ0n) is 15.0. The van der Waals surface area contributed by atoms with Gasteiger partial charge in [-0.05, 0) is 55.5 Å². The quantitative estimate of drug-likeness (QED) is 0.553. The highest BCUT2D eigenvalue weighted by atomic mass is 16.5. The molecule has 0 amide bonds. The van der Waals surface area contributed by atoms with E-state index < -0.39 is 0 Å². The number of hydrogen-bond acceptors (Lipinski definition) is 5. The summed E-state index contributed by atoms with van der Waals surface area (Å²) in [5.74, 6) is 0.355. The Labute approximate surface area is 156 Å². The molecule has 1 N–H and O–H groups in total. The Bertz CT molecular complexity index is 1120. The molecule has 3 aromatic heterocycles. The van der Waals surface area contributed by atoms with Gasteiger partial charge in [-0.1, -0.05) is 6.07 Å². The molecule has 27 heavy (non-hydrogen) atoms. The van der Waals surface area contributed by atoms with Gasteiger partial charge in [0.15, 0.2) is 0 Å². The molecule has 1 aromatic carbocycles. The molecule has 0 saturated heterocycles. The number of aromatic nitrogens is 3. The number of hydrogen-bond donors (Lipinski definition) is 1. The molecule has 0 bridgehead atoms. The van der Waals surface area contributed by atoms with Crippen molar-refractivity contribution in [1.82, 2.24) is 14.4 Å². The van der Waals surface area contributed by atoms with Crippen LogP contribution >= 0.6 is 0 Å². The van der Waals surface area contributed by atoms with Crippen LogP contribution in [-0.2, 0) is 4.74 Å². The molecular formula is C21H18N4O2. The Morgan fingerprint density at radius 1 is 1.11 bits per heavy atom. The normalized spacial score (nSPS) is 10.7. The summed E-state index contributed by atoms with van der Waals surface area (Å²) < 4.78 is 6.79. The van der Waals surface area contributed by atoms with Crippen LogP contribution in [0.4, 0.5) is 11.5 Å². The summed E-state index contributed by atoms with van der Waals surface area (Å²) in [6.45, 7) is 2.00. The molecule has 0 saturated carbocycles. The molecule has 0 aliphatic rings. The van der Waals surface area contributed by atoms with Crippen molar-refractivity contribution in [3.63, 3.8) is 0 Å². The molecule has 0 radical (unpaired) electrons. The number of aryl methyl sites for hydroxylation is 1. The number of benzene rings is 1. The maximum atomic E-state index is 11.5. The van der Waals surface area contributed by atoms with Crippen LogP contribution in [0.5, 0.6) is 0 Å². The van der Waals surface area contributed by atoms with Gasteiger partial charge in [0.2, 0.25) is 0 Å². The van der Waals surface area contributed by atoms with Gasteiger partial charge in [0.25, 0.3) is 0 Å². The SMILES string of the molecule is COC(=O)c1ccc(Nc2cc(-c3c(C)nc4ccccn34)ccn2)cc1. The first kappa shape index (κ1) is 16.8. The van der Waals surface area contributed by atoms with Crippen molar-refractivity contribution in [2.75, 3.05) is 12.4 Å². The van der Waals surface area contributed by atoms with Crippen LogP contribution < -0.4 is 5.32 Å². The van der Waals surface area contributed by atoms with Crippen LogP contribution in [0.1, 0.15) is 16.1 Å². The summed E-state index contributed by atoms with van der Waals surface area (Å²) in [6, 6.07) is 17.0. The maximum absolute atomic E-state index is 11.5. The molecule has 4 aromatic rings. The number of ether oxygens (including phenoxy) is 1. The highest BCUT2D eigenvalue weighted by molar-refractivity contribution is 5.89. The van der Waals surface area contributed by atoms with Gasteiger partial charge in [0.05, 0.1) is 24.1 Å². The van der Waals surface area contributed by atoms with Crippen molar-refractivity contribution in [2.45, 2.75) is 6.92 Å². The monoisotopic (exact) mass is 358 g/mol. The van der Waals surface area contributed by atoms with Crippen molar-refractivity contribution in [2.24, 2.45) is 0 Å². The van der Waals surface area contributed by atoms with E-state index in [9.17, 15) is 4.79 Å². The standard InChI is InChI=1S/C21H18N4O2/c1-14-20(25-12-4-3-5-19(25)23-14)16-10-11-22-18(13-16)24-17-8-6-15(7-9-17)21(26)27-2/h3-13H,1-2H3,(H,22,24). The van der Waals surface area contributed by atoms with E-state index in [0.29, 0.717) is 11.4 Å². The van der Waals surface area contributed by atoms with Crippen LogP contribution in [0.15, 0.2) is 67.0 Å². The number of pyridine rings is 2. The maximum Gasteiger partial charge on any atom is 0.337 e. The number of nitrogens with zero attached hydrogens (tertiary/aromatic N) is 3. The van der Waals surface area contributed by atoms with Crippen molar-refractivity contribution < 1.29 is 9.53 Å². The van der Waals surface area contributed by atoms with Gasteiger partial charge in [0.1, 0.15) is 11.5 Å². The number of carbonyl (C=O) groups excluding carboxylic acids is 1. The third-order valence-electron chi connectivity index (χ3n) is 4.32. The van der Waals surface area contributed by atoms with Crippen molar-refractivity contribution in [3.05, 3.63) is 78.2 Å². The summed E-state index contributed by atoms with van der Waals surface area (Å²) in [6.07, 6.45) is 3.77. The fourth-order valence-electron chi connectivity index (χ4n) is 3.06. The molecule has 6 heteroatoms. The predicted molar refractivity (Wildman–Crippen MR) is 104 cm³/mol. The zero-order valence-corrected chi connectivity index (χ0v) is 15.0. The minimum Gasteiger partial charge on any atom is -0.465 e. The highest BCUT2D eigenvalue weighted by Crippen LogP contribution is 2.27. The second-order valence-corrected chi connectivity index (χ2v) is 6.10. The third-order valence-corrected chi connectivity index (χ3v) is 4.32. The van der Waals surface area contributed by atoms with Crippen LogP contribution in [0.2, 0.25) is 0 Å². The Morgan fingerprint density at radius 3 is 2.70 bits per heavy atom. The fraction of sp³-hybridized carbons (Fsp3) is 0.0952. The zero-order chi connectivity index (χ0) is 18.8. The molecule has 4 rings (SSSR count). The van der Waals surface area contributed by atoms with E-state index in [0.717, 1.165) is 28.3 Å². The summed E-state index contributed by atoms with van der Waals surface area (Å²) >= 11 is 0. The van der Waals surface area contributed by atoms with E-state index >= 15 is 0 Å². The van der Waals surface area contributed by atoms with Crippen molar-refractivity contribution >= 4 is 23.1 Å². The largest absolute Gasteiger partial charge is 0.465 e. The Hall–Kier alpha value is -3.67. The number of methoxy groups -OCH3 is 1. The Kier molecular flexibility index (Phi) is 4.30. The second-order valence-electron chi connectivity index (χ2n) is 6.10. The van der Waals surface area contributed by atoms with Gasteiger partial charge in [-0.2, -0.15) is 0 Å². The van der Waals surface area contributed by atoms with E-state index in [2.05, 4.69) is 19.7 Å². The predicted octanol–water partition coefficient (Wildman–Crippen LogP) is 4.23. The summed E-state index contributed by atoms with van der Waals surface area (Å²) in [5.41, 5.74) is 5.27. The lowest BCUT2D eigenvalue weighted by molar-refractivity contribution is 0.0601. The van der Waals surface area contributed by atoms with Gasteiger partial charge in [-0.25, -0.2) is 14.8 Å². The van der Waals surface area contributed by atoms with Crippen LogP contribution in [0.25, 0.3) is 16.9 Å². The smallest absolute Gasteiger partial charge is 0.337 e. The molecule has 0 atom stereocenters. The number of fused-ring (bicyclic) bond motifs is 1. The molecule has 0 unspecified atom stereocenters. The molecule has 0 aliphatic heterocycles. The highest BCUT2D eigenvalue weighted by Gasteiger charge is 2.11. The number of esters is 1. The van der Waals surface area contributed by atoms with E-state index in [-0.39, 0.29) is 5.97 Å². The molecule has 0 fully saturated rings. The third kappa shape index (κ3) is 3.25. The lowest BCUT2D eigenvalue weighted by atomic mass is 10.1.